The summed E-state index contributed by atoms with van der Waals surface area (Å²) >= 11 is 0. The Kier molecular flexibility index (Phi) is 6.53. The number of rotatable bonds is 5. The van der Waals surface area contributed by atoms with Crippen LogP contribution in [0, 0.1) is 0 Å². The number of benzene rings is 9. The summed E-state index contributed by atoms with van der Waals surface area (Å²) in [5, 5.41) is 9.25. The Morgan fingerprint density at radius 2 is 0.860 bits per heavy atom. The molecule has 234 valence electrons. The van der Waals surface area contributed by atoms with Crippen molar-refractivity contribution in [3.8, 4) is 22.3 Å². The maximum atomic E-state index is 6.86. The zero-order chi connectivity index (χ0) is 33.0. The highest BCUT2D eigenvalue weighted by Crippen LogP contribution is 2.48. The average Bonchev–Trinajstić information content (AvgIpc) is 3.58. The maximum absolute atomic E-state index is 6.86. The van der Waals surface area contributed by atoms with E-state index in [1.807, 2.05) is 0 Å². The van der Waals surface area contributed by atoms with Crippen molar-refractivity contribution < 1.29 is 4.42 Å². The third kappa shape index (κ3) is 4.50. The van der Waals surface area contributed by atoms with Crippen LogP contribution in [0.5, 0.6) is 0 Å². The van der Waals surface area contributed by atoms with Crippen LogP contribution in [0.25, 0.3) is 76.5 Å². The summed E-state index contributed by atoms with van der Waals surface area (Å²) in [5.74, 6) is 0. The lowest BCUT2D eigenvalue weighted by Crippen LogP contribution is -2.11. The minimum atomic E-state index is 0.864. The van der Waals surface area contributed by atoms with Gasteiger partial charge in [-0.1, -0.05) is 152 Å². The van der Waals surface area contributed by atoms with Crippen LogP contribution in [0.4, 0.5) is 17.1 Å². The molecule has 10 rings (SSSR count). The fourth-order valence-corrected chi connectivity index (χ4v) is 7.75. The monoisotopic (exact) mass is 637 g/mol. The van der Waals surface area contributed by atoms with Crippen molar-refractivity contribution in [2.75, 3.05) is 4.90 Å². The largest absolute Gasteiger partial charge is 0.455 e. The Balaban J connectivity index is 1.30. The summed E-state index contributed by atoms with van der Waals surface area (Å²) in [4.78, 5) is 2.44. The smallest absolute Gasteiger partial charge is 0.143 e. The van der Waals surface area contributed by atoms with Crippen LogP contribution in [-0.4, -0.2) is 0 Å². The Morgan fingerprint density at radius 1 is 0.340 bits per heavy atom. The Labute approximate surface area is 290 Å². The van der Waals surface area contributed by atoms with E-state index in [-0.39, 0.29) is 0 Å². The zero-order valence-corrected chi connectivity index (χ0v) is 27.3. The molecule has 0 unspecified atom stereocenters. The van der Waals surface area contributed by atoms with Crippen molar-refractivity contribution in [2.45, 2.75) is 0 Å². The standard InChI is InChI=1S/C48H31NO/c1-2-14-32(15-3-1)35-20-10-21-36(30-35)41-31-42-47-45(28-13-29-46(47)50-48(42)40-25-9-8-24-39(40)41)49(43-26-11-18-33-16-4-6-22-37(33)43)44-27-12-19-34-17-5-7-23-38(34)44/h1-31H. The summed E-state index contributed by atoms with van der Waals surface area (Å²) < 4.78 is 6.86. The SMILES string of the molecule is c1ccc(-c2cccc(-c3cc4c(oc5cccc(N(c6cccc7ccccc67)c6cccc7ccccc67)c54)c4ccccc34)c2)cc1. The van der Waals surface area contributed by atoms with Gasteiger partial charge < -0.3 is 9.32 Å². The van der Waals surface area contributed by atoms with Gasteiger partial charge in [-0.25, -0.2) is 0 Å². The van der Waals surface area contributed by atoms with Crippen molar-refractivity contribution in [1.82, 2.24) is 0 Å². The highest BCUT2D eigenvalue weighted by Gasteiger charge is 2.24. The highest BCUT2D eigenvalue weighted by molar-refractivity contribution is 6.23. The fraction of sp³-hybridized carbons (Fsp3) is 0. The van der Waals surface area contributed by atoms with Crippen LogP contribution < -0.4 is 4.90 Å². The first kappa shape index (κ1) is 28.4. The number of hydrogen-bond acceptors (Lipinski definition) is 2. The molecule has 0 aliphatic rings. The third-order valence-electron chi connectivity index (χ3n) is 10.0. The molecule has 9 aromatic carbocycles. The highest BCUT2D eigenvalue weighted by atomic mass is 16.3. The minimum Gasteiger partial charge on any atom is -0.455 e. The van der Waals surface area contributed by atoms with Gasteiger partial charge in [-0.05, 0) is 74.8 Å². The number of hydrogen-bond donors (Lipinski definition) is 0. The van der Waals surface area contributed by atoms with Crippen molar-refractivity contribution in [3.05, 3.63) is 188 Å². The number of anilines is 3. The molecule has 0 spiro atoms. The van der Waals surface area contributed by atoms with E-state index in [2.05, 4.69) is 193 Å². The average molecular weight is 638 g/mol. The molecule has 50 heavy (non-hydrogen) atoms. The Morgan fingerprint density at radius 3 is 1.58 bits per heavy atom. The van der Waals surface area contributed by atoms with E-state index in [1.54, 1.807) is 0 Å². The van der Waals surface area contributed by atoms with Crippen molar-refractivity contribution in [3.63, 3.8) is 0 Å². The molecule has 0 aliphatic carbocycles. The van der Waals surface area contributed by atoms with E-state index in [0.29, 0.717) is 0 Å². The Bertz CT molecular complexity index is 2790. The van der Waals surface area contributed by atoms with Crippen LogP contribution >= 0.6 is 0 Å². The maximum Gasteiger partial charge on any atom is 0.143 e. The molecule has 0 saturated heterocycles. The molecule has 0 amide bonds. The molecule has 0 radical (unpaired) electrons. The van der Waals surface area contributed by atoms with Gasteiger partial charge in [0.15, 0.2) is 0 Å². The Hall–Kier alpha value is -6.64. The first-order valence-electron chi connectivity index (χ1n) is 17.1. The van der Waals surface area contributed by atoms with Gasteiger partial charge in [0.05, 0.1) is 22.4 Å². The second-order valence-corrected chi connectivity index (χ2v) is 12.9. The van der Waals surface area contributed by atoms with Crippen LogP contribution in [0.15, 0.2) is 192 Å². The van der Waals surface area contributed by atoms with Gasteiger partial charge in [-0.3, -0.25) is 0 Å². The van der Waals surface area contributed by atoms with Gasteiger partial charge in [0.2, 0.25) is 0 Å². The van der Waals surface area contributed by atoms with Gasteiger partial charge in [0.1, 0.15) is 11.2 Å². The molecule has 0 atom stereocenters. The number of fused-ring (bicyclic) bond motifs is 7. The topological polar surface area (TPSA) is 16.4 Å². The van der Waals surface area contributed by atoms with Crippen molar-refractivity contribution >= 4 is 71.3 Å². The summed E-state index contributed by atoms with van der Waals surface area (Å²) in [7, 11) is 0. The minimum absolute atomic E-state index is 0.864. The van der Waals surface area contributed by atoms with E-state index < -0.39 is 0 Å². The predicted molar refractivity (Wildman–Crippen MR) is 212 cm³/mol. The van der Waals surface area contributed by atoms with Crippen molar-refractivity contribution in [2.24, 2.45) is 0 Å². The first-order chi connectivity index (χ1) is 24.8. The van der Waals surface area contributed by atoms with Crippen molar-refractivity contribution in [1.29, 1.82) is 0 Å². The molecule has 0 bridgehead atoms. The normalized spacial score (nSPS) is 11.6. The van der Waals surface area contributed by atoms with E-state index in [0.717, 1.165) is 44.4 Å². The second-order valence-electron chi connectivity index (χ2n) is 12.9. The third-order valence-corrected chi connectivity index (χ3v) is 10.0. The molecule has 0 saturated carbocycles. The molecule has 2 heteroatoms. The van der Waals surface area contributed by atoms with Gasteiger partial charge in [-0.15, -0.1) is 0 Å². The summed E-state index contributed by atoms with van der Waals surface area (Å²) in [6, 6.07) is 67.4. The molecule has 1 aromatic heterocycles. The first-order valence-corrected chi connectivity index (χ1v) is 17.1. The number of furan rings is 1. The molecular formula is C48H31NO. The fourth-order valence-electron chi connectivity index (χ4n) is 7.75. The zero-order valence-electron chi connectivity index (χ0n) is 27.3. The molecule has 10 aromatic rings. The van der Waals surface area contributed by atoms with Gasteiger partial charge >= 0.3 is 0 Å². The summed E-state index contributed by atoms with van der Waals surface area (Å²) in [6.45, 7) is 0. The lowest BCUT2D eigenvalue weighted by molar-refractivity contribution is 0.672. The molecule has 1 heterocycles. The molecule has 0 N–H and O–H groups in total. The predicted octanol–water partition coefficient (Wildman–Crippen LogP) is 13.8. The van der Waals surface area contributed by atoms with E-state index in [1.165, 1.54) is 49.2 Å². The molecule has 2 nitrogen and oxygen atoms in total. The number of nitrogens with zero attached hydrogens (tertiary/aromatic N) is 1. The van der Waals surface area contributed by atoms with E-state index >= 15 is 0 Å². The van der Waals surface area contributed by atoms with Crippen LogP contribution in [0.3, 0.4) is 0 Å². The lowest BCUT2D eigenvalue weighted by Gasteiger charge is -2.28. The molecular weight excluding hydrogens is 607 g/mol. The van der Waals surface area contributed by atoms with E-state index in [4.69, 9.17) is 4.42 Å². The van der Waals surface area contributed by atoms with Gasteiger partial charge in [0, 0.05) is 21.5 Å². The molecule has 0 fully saturated rings. The van der Waals surface area contributed by atoms with Gasteiger partial charge in [-0.2, -0.15) is 0 Å². The molecule has 0 aliphatic heterocycles. The van der Waals surface area contributed by atoms with E-state index in [9.17, 15) is 0 Å². The van der Waals surface area contributed by atoms with Crippen LogP contribution in [-0.2, 0) is 0 Å². The van der Waals surface area contributed by atoms with Crippen LogP contribution in [0.2, 0.25) is 0 Å². The van der Waals surface area contributed by atoms with Crippen LogP contribution in [0.1, 0.15) is 0 Å². The lowest BCUT2D eigenvalue weighted by atomic mass is 9.93. The quantitative estimate of drug-likeness (QED) is 0.187. The summed E-state index contributed by atoms with van der Waals surface area (Å²) in [6.07, 6.45) is 0. The second kappa shape index (κ2) is 11.5. The summed E-state index contributed by atoms with van der Waals surface area (Å²) in [5.41, 5.74) is 9.86. The van der Waals surface area contributed by atoms with Gasteiger partial charge in [0.25, 0.3) is 0 Å².